The van der Waals surface area contributed by atoms with E-state index in [0.29, 0.717) is 12.6 Å². The molecule has 2 saturated heterocycles. The third-order valence-electron chi connectivity index (χ3n) is 3.43. The number of thioether (sulfide) groups is 1. The molecule has 5 heteroatoms. The number of nitrogens with zero attached hydrogens (tertiary/aromatic N) is 2. The summed E-state index contributed by atoms with van der Waals surface area (Å²) >= 11 is 1.92. The van der Waals surface area contributed by atoms with E-state index in [-0.39, 0.29) is 12.0 Å². The third-order valence-corrected chi connectivity index (χ3v) is 4.37. The number of amides is 1. The van der Waals surface area contributed by atoms with Crippen molar-refractivity contribution < 1.29 is 9.53 Å². The molecule has 0 aromatic rings. The molecule has 1 amide bonds. The van der Waals surface area contributed by atoms with Crippen molar-refractivity contribution in [3.8, 4) is 0 Å². The SMILES string of the molecule is CC(C)N1CCO[C@@H](C(=O)N2CCSCC2)C1. The largest absolute Gasteiger partial charge is 0.366 e. The fourth-order valence-electron chi connectivity index (χ4n) is 2.27. The molecule has 0 aliphatic carbocycles. The van der Waals surface area contributed by atoms with E-state index in [1.54, 1.807) is 0 Å². The number of carbonyl (C=O) groups excluding carboxylic acids is 1. The molecule has 1 atom stereocenters. The Bertz CT molecular complexity index is 267. The zero-order chi connectivity index (χ0) is 12.3. The van der Waals surface area contributed by atoms with Gasteiger partial charge < -0.3 is 9.64 Å². The molecule has 2 aliphatic heterocycles. The van der Waals surface area contributed by atoms with Gasteiger partial charge in [0.15, 0.2) is 0 Å². The van der Waals surface area contributed by atoms with Crippen LogP contribution in [0.3, 0.4) is 0 Å². The second-order valence-corrected chi connectivity index (χ2v) is 6.11. The van der Waals surface area contributed by atoms with Crippen molar-refractivity contribution in [2.45, 2.75) is 26.0 Å². The van der Waals surface area contributed by atoms with Gasteiger partial charge in [-0.05, 0) is 13.8 Å². The van der Waals surface area contributed by atoms with Gasteiger partial charge in [0.1, 0.15) is 6.10 Å². The maximum absolute atomic E-state index is 12.3. The molecule has 98 valence electrons. The minimum absolute atomic E-state index is 0.190. The zero-order valence-electron chi connectivity index (χ0n) is 10.7. The Balaban J connectivity index is 1.89. The van der Waals surface area contributed by atoms with Gasteiger partial charge in [-0.3, -0.25) is 9.69 Å². The Morgan fingerprint density at radius 1 is 1.29 bits per heavy atom. The molecule has 2 fully saturated rings. The molecule has 0 saturated carbocycles. The predicted octanol–water partition coefficient (Wildman–Crippen LogP) is 0.671. The third kappa shape index (κ3) is 3.36. The summed E-state index contributed by atoms with van der Waals surface area (Å²) in [5.41, 5.74) is 0. The first-order valence-electron chi connectivity index (χ1n) is 6.40. The Kier molecular flexibility index (Phi) is 4.70. The number of carbonyl (C=O) groups is 1. The number of rotatable bonds is 2. The molecule has 0 N–H and O–H groups in total. The fraction of sp³-hybridized carbons (Fsp3) is 0.917. The van der Waals surface area contributed by atoms with Crippen molar-refractivity contribution in [3.63, 3.8) is 0 Å². The maximum Gasteiger partial charge on any atom is 0.253 e. The summed E-state index contributed by atoms with van der Waals surface area (Å²) in [5, 5.41) is 0. The predicted molar refractivity (Wildman–Crippen MR) is 70.4 cm³/mol. The topological polar surface area (TPSA) is 32.8 Å². The van der Waals surface area contributed by atoms with E-state index in [4.69, 9.17) is 4.74 Å². The fourth-order valence-corrected chi connectivity index (χ4v) is 3.18. The van der Waals surface area contributed by atoms with Crippen LogP contribution in [-0.2, 0) is 9.53 Å². The molecule has 0 radical (unpaired) electrons. The van der Waals surface area contributed by atoms with Crippen LogP contribution in [0.2, 0.25) is 0 Å². The minimum atomic E-state index is -0.241. The highest BCUT2D eigenvalue weighted by Crippen LogP contribution is 2.15. The monoisotopic (exact) mass is 258 g/mol. The van der Waals surface area contributed by atoms with E-state index < -0.39 is 0 Å². The van der Waals surface area contributed by atoms with E-state index in [0.717, 1.165) is 37.7 Å². The van der Waals surface area contributed by atoms with Crippen LogP contribution in [0.4, 0.5) is 0 Å². The Labute approximate surface area is 108 Å². The maximum atomic E-state index is 12.3. The smallest absolute Gasteiger partial charge is 0.253 e. The van der Waals surface area contributed by atoms with Gasteiger partial charge in [0, 0.05) is 43.7 Å². The molecule has 2 aliphatic rings. The molecule has 2 heterocycles. The van der Waals surface area contributed by atoms with Gasteiger partial charge in [0.2, 0.25) is 0 Å². The van der Waals surface area contributed by atoms with Crippen LogP contribution in [-0.4, -0.2) is 72.1 Å². The van der Waals surface area contributed by atoms with Gasteiger partial charge >= 0.3 is 0 Å². The van der Waals surface area contributed by atoms with E-state index in [9.17, 15) is 4.79 Å². The highest BCUT2D eigenvalue weighted by atomic mass is 32.2. The van der Waals surface area contributed by atoms with Crippen LogP contribution >= 0.6 is 11.8 Å². The second kappa shape index (κ2) is 6.07. The molecular weight excluding hydrogens is 236 g/mol. The van der Waals surface area contributed by atoms with Crippen LogP contribution in [0.5, 0.6) is 0 Å². The van der Waals surface area contributed by atoms with Crippen LogP contribution < -0.4 is 0 Å². The Morgan fingerprint density at radius 2 is 2.00 bits per heavy atom. The first-order valence-corrected chi connectivity index (χ1v) is 7.56. The average Bonchev–Trinajstić information content (AvgIpc) is 2.39. The molecule has 2 rings (SSSR count). The Hall–Kier alpha value is -0.260. The lowest BCUT2D eigenvalue weighted by molar-refractivity contribution is -0.149. The average molecular weight is 258 g/mol. The molecule has 0 unspecified atom stereocenters. The van der Waals surface area contributed by atoms with Crippen molar-refractivity contribution in [1.29, 1.82) is 0 Å². The van der Waals surface area contributed by atoms with Crippen molar-refractivity contribution in [2.24, 2.45) is 0 Å². The van der Waals surface area contributed by atoms with Gasteiger partial charge in [-0.2, -0.15) is 11.8 Å². The Morgan fingerprint density at radius 3 is 2.65 bits per heavy atom. The molecule has 17 heavy (non-hydrogen) atoms. The first kappa shape index (κ1) is 13.2. The second-order valence-electron chi connectivity index (χ2n) is 4.89. The van der Waals surface area contributed by atoms with Crippen molar-refractivity contribution in [1.82, 2.24) is 9.80 Å². The quantitative estimate of drug-likeness (QED) is 0.729. The van der Waals surface area contributed by atoms with Crippen LogP contribution in [0.25, 0.3) is 0 Å². The summed E-state index contributed by atoms with van der Waals surface area (Å²) in [6.45, 7) is 8.47. The van der Waals surface area contributed by atoms with Crippen molar-refractivity contribution >= 4 is 17.7 Å². The number of ether oxygens (including phenoxy) is 1. The number of morpholine rings is 1. The summed E-state index contributed by atoms with van der Waals surface area (Å²) in [7, 11) is 0. The van der Waals surface area contributed by atoms with Gasteiger partial charge in [0.05, 0.1) is 6.61 Å². The lowest BCUT2D eigenvalue weighted by Gasteiger charge is -2.37. The van der Waals surface area contributed by atoms with E-state index in [1.165, 1.54) is 0 Å². The minimum Gasteiger partial charge on any atom is -0.366 e. The van der Waals surface area contributed by atoms with E-state index >= 15 is 0 Å². The van der Waals surface area contributed by atoms with E-state index in [2.05, 4.69) is 18.7 Å². The van der Waals surface area contributed by atoms with Gasteiger partial charge in [-0.25, -0.2) is 0 Å². The molecule has 4 nitrogen and oxygen atoms in total. The molecular formula is C12H22N2O2S. The van der Waals surface area contributed by atoms with Gasteiger partial charge in [-0.1, -0.05) is 0 Å². The number of hydrogen-bond donors (Lipinski definition) is 0. The van der Waals surface area contributed by atoms with Crippen molar-refractivity contribution in [3.05, 3.63) is 0 Å². The highest BCUT2D eigenvalue weighted by Gasteiger charge is 2.31. The summed E-state index contributed by atoms with van der Waals surface area (Å²) in [4.78, 5) is 16.6. The zero-order valence-corrected chi connectivity index (χ0v) is 11.5. The molecule has 0 spiro atoms. The summed E-state index contributed by atoms with van der Waals surface area (Å²) in [6, 6.07) is 0.492. The summed E-state index contributed by atoms with van der Waals surface area (Å²) < 4.78 is 5.63. The van der Waals surface area contributed by atoms with Crippen LogP contribution in [0, 0.1) is 0 Å². The lowest BCUT2D eigenvalue weighted by atomic mass is 10.2. The number of hydrogen-bond acceptors (Lipinski definition) is 4. The standard InChI is InChI=1S/C12H22N2O2S/c1-10(2)14-3-6-16-11(9-14)12(15)13-4-7-17-8-5-13/h10-11H,3-9H2,1-2H3/t11-/m1/s1. The highest BCUT2D eigenvalue weighted by molar-refractivity contribution is 7.99. The van der Waals surface area contributed by atoms with Gasteiger partial charge in [0.25, 0.3) is 5.91 Å². The lowest BCUT2D eigenvalue weighted by Crippen LogP contribution is -2.53. The van der Waals surface area contributed by atoms with Crippen LogP contribution in [0.1, 0.15) is 13.8 Å². The summed E-state index contributed by atoms with van der Waals surface area (Å²) in [6.07, 6.45) is -0.241. The first-order chi connectivity index (χ1) is 8.18. The molecule has 0 bridgehead atoms. The molecule has 0 aromatic heterocycles. The van der Waals surface area contributed by atoms with Crippen molar-refractivity contribution in [2.75, 3.05) is 44.3 Å². The molecule has 0 aromatic carbocycles. The van der Waals surface area contributed by atoms with Gasteiger partial charge in [-0.15, -0.1) is 0 Å². The summed E-state index contributed by atoms with van der Waals surface area (Å²) in [5.74, 6) is 2.31. The van der Waals surface area contributed by atoms with Crippen LogP contribution in [0.15, 0.2) is 0 Å². The normalized spacial score (nSPS) is 27.5. The van der Waals surface area contributed by atoms with E-state index in [1.807, 2.05) is 16.7 Å².